The van der Waals surface area contributed by atoms with Crippen molar-refractivity contribution >= 4 is 0 Å². The molecule has 138 valence electrons. The Kier molecular flexibility index (Phi) is 5.80. The van der Waals surface area contributed by atoms with Gasteiger partial charge in [0.1, 0.15) is 12.4 Å². The highest BCUT2D eigenvalue weighted by Gasteiger charge is 2.43. The highest BCUT2D eigenvalue weighted by atomic mass is 16.5. The van der Waals surface area contributed by atoms with E-state index in [-0.39, 0.29) is 11.5 Å². The SMILES string of the molecule is C=CCC1C(C)[C@](C)(c2cccc(OCc3ccccc3)c2)CCN1O. The van der Waals surface area contributed by atoms with Crippen LogP contribution in [-0.4, -0.2) is 22.9 Å². The predicted octanol–water partition coefficient (Wildman–Crippen LogP) is 5.20. The van der Waals surface area contributed by atoms with Crippen molar-refractivity contribution in [2.45, 2.75) is 44.8 Å². The molecule has 0 radical (unpaired) electrons. The zero-order chi connectivity index (χ0) is 18.6. The maximum atomic E-state index is 10.3. The zero-order valence-corrected chi connectivity index (χ0v) is 15.8. The molecule has 2 unspecified atom stereocenters. The summed E-state index contributed by atoms with van der Waals surface area (Å²) in [6.45, 7) is 9.63. The fourth-order valence-electron chi connectivity index (χ4n) is 4.01. The molecule has 0 spiro atoms. The molecule has 0 amide bonds. The molecule has 3 atom stereocenters. The molecule has 2 aromatic rings. The highest BCUT2D eigenvalue weighted by Crippen LogP contribution is 2.43. The fourth-order valence-corrected chi connectivity index (χ4v) is 4.01. The van der Waals surface area contributed by atoms with Crippen LogP contribution in [0.5, 0.6) is 5.75 Å². The van der Waals surface area contributed by atoms with Gasteiger partial charge in [-0.3, -0.25) is 0 Å². The number of ether oxygens (including phenoxy) is 1. The summed E-state index contributed by atoms with van der Waals surface area (Å²) in [7, 11) is 0. The molecule has 1 aliphatic heterocycles. The first-order chi connectivity index (χ1) is 12.5. The molecule has 3 heteroatoms. The van der Waals surface area contributed by atoms with Crippen LogP contribution in [0.2, 0.25) is 0 Å². The van der Waals surface area contributed by atoms with Crippen LogP contribution in [0.4, 0.5) is 0 Å². The van der Waals surface area contributed by atoms with Gasteiger partial charge in [0.2, 0.25) is 0 Å². The van der Waals surface area contributed by atoms with Crippen LogP contribution in [-0.2, 0) is 12.0 Å². The summed E-state index contributed by atoms with van der Waals surface area (Å²) >= 11 is 0. The minimum Gasteiger partial charge on any atom is -0.489 e. The van der Waals surface area contributed by atoms with Gasteiger partial charge >= 0.3 is 0 Å². The van der Waals surface area contributed by atoms with Gasteiger partial charge in [-0.1, -0.05) is 62.4 Å². The van der Waals surface area contributed by atoms with E-state index in [2.05, 4.69) is 50.8 Å². The molecule has 1 aliphatic rings. The number of benzene rings is 2. The van der Waals surface area contributed by atoms with Crippen molar-refractivity contribution < 1.29 is 9.94 Å². The Bertz CT molecular complexity index is 730. The van der Waals surface area contributed by atoms with Crippen molar-refractivity contribution in [2.75, 3.05) is 6.54 Å². The average molecular weight is 351 g/mol. The molecule has 1 fully saturated rings. The van der Waals surface area contributed by atoms with Gasteiger partial charge in [-0.15, -0.1) is 6.58 Å². The lowest BCUT2D eigenvalue weighted by Crippen LogP contribution is -2.52. The molecule has 3 nitrogen and oxygen atoms in total. The summed E-state index contributed by atoms with van der Waals surface area (Å²) in [6, 6.07) is 18.7. The maximum absolute atomic E-state index is 10.3. The zero-order valence-electron chi connectivity index (χ0n) is 15.8. The molecule has 3 rings (SSSR count). The van der Waals surface area contributed by atoms with E-state index in [1.165, 1.54) is 10.6 Å². The lowest BCUT2D eigenvalue weighted by molar-refractivity contribution is -0.171. The van der Waals surface area contributed by atoms with Gasteiger partial charge in [-0.2, -0.15) is 5.06 Å². The maximum Gasteiger partial charge on any atom is 0.120 e. The van der Waals surface area contributed by atoms with E-state index in [9.17, 15) is 5.21 Å². The summed E-state index contributed by atoms with van der Waals surface area (Å²) in [6.07, 6.45) is 3.60. The first kappa shape index (κ1) is 18.7. The lowest BCUT2D eigenvalue weighted by Gasteiger charge is -2.48. The number of hydrogen-bond donors (Lipinski definition) is 1. The molecule has 1 saturated heterocycles. The Hall–Kier alpha value is -2.10. The Morgan fingerprint density at radius 1 is 1.23 bits per heavy atom. The molecule has 26 heavy (non-hydrogen) atoms. The summed E-state index contributed by atoms with van der Waals surface area (Å²) in [5.41, 5.74) is 2.44. The van der Waals surface area contributed by atoms with Crippen molar-refractivity contribution in [2.24, 2.45) is 5.92 Å². The Morgan fingerprint density at radius 3 is 2.73 bits per heavy atom. The van der Waals surface area contributed by atoms with Gasteiger partial charge in [-0.05, 0) is 47.4 Å². The van der Waals surface area contributed by atoms with Crippen molar-refractivity contribution in [3.8, 4) is 5.75 Å². The molecular weight excluding hydrogens is 322 g/mol. The standard InChI is InChI=1S/C23H29NO2/c1-4-9-22-18(2)23(3,14-15-24(22)25)20-12-8-13-21(16-20)26-17-19-10-6-5-7-11-19/h4-8,10-13,16,18,22,25H,1,9,14-15,17H2,2-3H3/t18?,22?,23-/m1/s1. The second-order valence-electron chi connectivity index (χ2n) is 7.51. The van der Waals surface area contributed by atoms with Crippen LogP contribution in [0.15, 0.2) is 67.3 Å². The van der Waals surface area contributed by atoms with Gasteiger partial charge in [-0.25, -0.2) is 0 Å². The molecule has 0 saturated carbocycles. The van der Waals surface area contributed by atoms with Gasteiger partial charge in [0.15, 0.2) is 0 Å². The average Bonchev–Trinajstić information content (AvgIpc) is 2.68. The molecular formula is C23H29NO2. The van der Waals surface area contributed by atoms with Gasteiger partial charge in [0, 0.05) is 12.6 Å². The van der Waals surface area contributed by atoms with Crippen molar-refractivity contribution in [3.63, 3.8) is 0 Å². The van der Waals surface area contributed by atoms with Crippen LogP contribution in [0.25, 0.3) is 0 Å². The first-order valence-electron chi connectivity index (χ1n) is 9.38. The van der Waals surface area contributed by atoms with Crippen molar-refractivity contribution in [3.05, 3.63) is 78.4 Å². The second kappa shape index (κ2) is 8.07. The third kappa shape index (κ3) is 3.84. The fraction of sp³-hybridized carbons (Fsp3) is 0.391. The van der Waals surface area contributed by atoms with Crippen molar-refractivity contribution in [1.82, 2.24) is 5.06 Å². The van der Waals surface area contributed by atoms with E-state index < -0.39 is 0 Å². The minimum absolute atomic E-state index is 0.000969. The van der Waals surface area contributed by atoms with E-state index in [1.54, 1.807) is 0 Å². The Morgan fingerprint density at radius 2 is 2.00 bits per heavy atom. The molecule has 2 aromatic carbocycles. The van der Waals surface area contributed by atoms with E-state index in [0.717, 1.165) is 24.2 Å². The molecule has 0 aliphatic carbocycles. The summed E-state index contributed by atoms with van der Waals surface area (Å²) in [4.78, 5) is 0. The third-order valence-electron chi connectivity index (χ3n) is 5.98. The van der Waals surface area contributed by atoms with E-state index in [1.807, 2.05) is 30.3 Å². The van der Waals surface area contributed by atoms with Crippen LogP contribution in [0, 0.1) is 5.92 Å². The molecule has 0 bridgehead atoms. The van der Waals surface area contributed by atoms with Gasteiger partial charge < -0.3 is 9.94 Å². The van der Waals surface area contributed by atoms with Crippen LogP contribution in [0.1, 0.15) is 37.8 Å². The Labute approximate surface area is 156 Å². The lowest BCUT2D eigenvalue weighted by atomic mass is 9.65. The van der Waals surface area contributed by atoms with Crippen LogP contribution >= 0.6 is 0 Å². The molecule has 1 heterocycles. The largest absolute Gasteiger partial charge is 0.489 e. The van der Waals surface area contributed by atoms with Gasteiger partial charge in [0.25, 0.3) is 0 Å². The second-order valence-corrected chi connectivity index (χ2v) is 7.51. The molecule has 1 N–H and O–H groups in total. The monoisotopic (exact) mass is 351 g/mol. The van der Waals surface area contributed by atoms with E-state index in [0.29, 0.717) is 19.1 Å². The molecule has 0 aromatic heterocycles. The van der Waals surface area contributed by atoms with E-state index >= 15 is 0 Å². The summed E-state index contributed by atoms with van der Waals surface area (Å²) in [5, 5.41) is 11.8. The highest BCUT2D eigenvalue weighted by molar-refractivity contribution is 5.35. The number of rotatable bonds is 6. The number of piperidine rings is 1. The van der Waals surface area contributed by atoms with E-state index in [4.69, 9.17) is 4.74 Å². The van der Waals surface area contributed by atoms with Gasteiger partial charge in [0.05, 0.1) is 0 Å². The summed E-state index contributed by atoms with van der Waals surface area (Å²) in [5.74, 6) is 1.20. The van der Waals surface area contributed by atoms with Crippen molar-refractivity contribution in [1.29, 1.82) is 0 Å². The summed E-state index contributed by atoms with van der Waals surface area (Å²) < 4.78 is 6.02. The topological polar surface area (TPSA) is 32.7 Å². The quantitative estimate of drug-likeness (QED) is 0.726. The minimum atomic E-state index is -0.000969. The normalized spacial score (nSPS) is 26.4. The van der Waals surface area contributed by atoms with Crippen LogP contribution in [0.3, 0.4) is 0 Å². The first-order valence-corrected chi connectivity index (χ1v) is 9.38. The van der Waals surface area contributed by atoms with Crippen LogP contribution < -0.4 is 4.74 Å². The smallest absolute Gasteiger partial charge is 0.120 e. The predicted molar refractivity (Wildman–Crippen MR) is 105 cm³/mol. The number of nitrogens with zero attached hydrogens (tertiary/aromatic N) is 1. The third-order valence-corrected chi connectivity index (χ3v) is 5.98. The number of hydroxylamine groups is 2. The number of hydrogen-bond acceptors (Lipinski definition) is 3. The Balaban J connectivity index is 1.78.